The van der Waals surface area contributed by atoms with Gasteiger partial charge in [-0.05, 0) is 49.2 Å². The molecule has 0 aromatic heterocycles. The normalized spacial score (nSPS) is 20.7. The predicted octanol–water partition coefficient (Wildman–Crippen LogP) is 4.79. The lowest BCUT2D eigenvalue weighted by Gasteiger charge is -2.50. The molecule has 0 N–H and O–H groups in total. The van der Waals surface area contributed by atoms with Gasteiger partial charge in [0.25, 0.3) is 0 Å². The Morgan fingerprint density at radius 1 is 1.19 bits per heavy atom. The molecule has 1 atom stereocenters. The quantitative estimate of drug-likeness (QED) is 0.798. The second-order valence-corrected chi connectivity index (χ2v) is 7.49. The summed E-state index contributed by atoms with van der Waals surface area (Å²) in [6, 6.07) is 13.6. The fraction of sp³-hybridized carbons (Fsp3) is 0.632. The molecule has 1 heterocycles. The van der Waals surface area contributed by atoms with Crippen molar-refractivity contribution in [2.75, 3.05) is 13.1 Å². The summed E-state index contributed by atoms with van der Waals surface area (Å²) in [6.07, 6.45) is 2.94. The van der Waals surface area contributed by atoms with Crippen molar-refractivity contribution < 1.29 is 0 Å². The number of hydrogen-bond donors (Lipinski definition) is 0. The number of likely N-dealkylation sites (tertiary alicyclic amines) is 1. The lowest BCUT2D eigenvalue weighted by molar-refractivity contribution is -0.00228. The van der Waals surface area contributed by atoms with Gasteiger partial charge >= 0.3 is 0 Å². The monoisotopic (exact) mass is 284 g/mol. The summed E-state index contributed by atoms with van der Waals surface area (Å²) in [6.45, 7) is 11.4. The van der Waals surface area contributed by atoms with Crippen molar-refractivity contribution in [1.29, 1.82) is 5.26 Å². The molecular weight excluding hydrogens is 256 g/mol. The summed E-state index contributed by atoms with van der Waals surface area (Å²) < 4.78 is 0. The average Bonchev–Trinajstić information content (AvgIpc) is 2.47. The molecule has 2 nitrogen and oxygen atoms in total. The highest BCUT2D eigenvalue weighted by Crippen LogP contribution is 2.50. The first-order chi connectivity index (χ1) is 9.89. The molecule has 0 aliphatic carbocycles. The van der Waals surface area contributed by atoms with Crippen molar-refractivity contribution in [3.8, 4) is 6.07 Å². The second kappa shape index (κ2) is 6.20. The first-order valence-corrected chi connectivity index (χ1v) is 8.06. The van der Waals surface area contributed by atoms with Crippen molar-refractivity contribution in [2.24, 2.45) is 10.8 Å². The fourth-order valence-corrected chi connectivity index (χ4v) is 3.62. The molecule has 0 spiro atoms. The summed E-state index contributed by atoms with van der Waals surface area (Å²) in [4.78, 5) is 2.57. The van der Waals surface area contributed by atoms with Gasteiger partial charge in [0.05, 0.1) is 6.07 Å². The van der Waals surface area contributed by atoms with Gasteiger partial charge in [0, 0.05) is 12.5 Å². The third-order valence-electron chi connectivity index (χ3n) is 5.59. The van der Waals surface area contributed by atoms with Crippen LogP contribution in [-0.2, 0) is 0 Å². The number of piperidine rings is 1. The molecule has 0 radical (unpaired) electrons. The van der Waals surface area contributed by atoms with E-state index in [0.29, 0.717) is 12.5 Å². The van der Waals surface area contributed by atoms with E-state index < -0.39 is 0 Å². The minimum Gasteiger partial charge on any atom is -0.297 e. The van der Waals surface area contributed by atoms with E-state index >= 15 is 0 Å². The SMILES string of the molecule is CC(c1ccccc1)N1CCC(CC#N)(C(C)(C)C)CC1. The van der Waals surface area contributed by atoms with Crippen molar-refractivity contribution in [3.63, 3.8) is 0 Å². The van der Waals surface area contributed by atoms with Crippen LogP contribution in [0.5, 0.6) is 0 Å². The van der Waals surface area contributed by atoms with Gasteiger partial charge in [-0.3, -0.25) is 4.90 Å². The number of rotatable bonds is 3. The Kier molecular flexibility index (Phi) is 4.74. The Bertz CT molecular complexity index is 485. The molecule has 21 heavy (non-hydrogen) atoms. The predicted molar refractivity (Wildman–Crippen MR) is 87.8 cm³/mol. The van der Waals surface area contributed by atoms with Crippen LogP contribution in [0.4, 0.5) is 0 Å². The van der Waals surface area contributed by atoms with Crippen LogP contribution in [0.3, 0.4) is 0 Å². The number of hydrogen-bond acceptors (Lipinski definition) is 2. The fourth-order valence-electron chi connectivity index (χ4n) is 3.62. The first kappa shape index (κ1) is 16.0. The van der Waals surface area contributed by atoms with Gasteiger partial charge in [0.1, 0.15) is 0 Å². The summed E-state index contributed by atoms with van der Waals surface area (Å²) in [5, 5.41) is 9.24. The van der Waals surface area contributed by atoms with Gasteiger partial charge in [-0.2, -0.15) is 5.26 Å². The second-order valence-electron chi connectivity index (χ2n) is 7.49. The van der Waals surface area contributed by atoms with Crippen molar-refractivity contribution >= 4 is 0 Å². The first-order valence-electron chi connectivity index (χ1n) is 8.06. The van der Waals surface area contributed by atoms with Crippen molar-refractivity contribution in [2.45, 2.75) is 53.0 Å². The molecular formula is C19H28N2. The molecule has 1 aromatic carbocycles. The average molecular weight is 284 g/mol. The number of nitriles is 1. The van der Waals surface area contributed by atoms with Gasteiger partial charge in [-0.25, -0.2) is 0 Å². The standard InChI is InChI=1S/C19H28N2/c1-16(17-8-6-5-7-9-17)21-14-11-19(10-13-20,12-15-21)18(2,3)4/h5-9,16H,10-12,14-15H2,1-4H3. The van der Waals surface area contributed by atoms with E-state index in [9.17, 15) is 5.26 Å². The summed E-state index contributed by atoms with van der Waals surface area (Å²) >= 11 is 0. The summed E-state index contributed by atoms with van der Waals surface area (Å²) in [5.74, 6) is 0. The van der Waals surface area contributed by atoms with E-state index in [-0.39, 0.29) is 10.8 Å². The smallest absolute Gasteiger partial charge is 0.0627 e. The topological polar surface area (TPSA) is 27.0 Å². The van der Waals surface area contributed by atoms with E-state index in [4.69, 9.17) is 0 Å². The van der Waals surface area contributed by atoms with E-state index in [1.54, 1.807) is 0 Å². The molecule has 1 aliphatic rings. The minimum absolute atomic E-state index is 0.175. The molecule has 2 rings (SSSR count). The van der Waals surface area contributed by atoms with Crippen LogP contribution in [0.2, 0.25) is 0 Å². The molecule has 2 heteroatoms. The van der Waals surface area contributed by atoms with Crippen LogP contribution >= 0.6 is 0 Å². The maximum absolute atomic E-state index is 9.24. The molecule has 1 aliphatic heterocycles. The zero-order chi connectivity index (χ0) is 15.5. The molecule has 1 unspecified atom stereocenters. The highest BCUT2D eigenvalue weighted by Gasteiger charge is 2.44. The van der Waals surface area contributed by atoms with Gasteiger partial charge < -0.3 is 0 Å². The lowest BCUT2D eigenvalue weighted by Crippen LogP contribution is -2.47. The van der Waals surface area contributed by atoms with E-state index in [0.717, 1.165) is 25.9 Å². The number of benzene rings is 1. The van der Waals surface area contributed by atoms with Gasteiger partial charge in [0.2, 0.25) is 0 Å². The van der Waals surface area contributed by atoms with Crippen LogP contribution in [0.25, 0.3) is 0 Å². The highest BCUT2D eigenvalue weighted by molar-refractivity contribution is 5.18. The third-order valence-corrected chi connectivity index (χ3v) is 5.59. The van der Waals surface area contributed by atoms with Gasteiger partial charge in [-0.1, -0.05) is 51.1 Å². The van der Waals surface area contributed by atoms with E-state index in [1.165, 1.54) is 5.56 Å². The third kappa shape index (κ3) is 3.30. The number of nitrogens with zero attached hydrogens (tertiary/aromatic N) is 2. The molecule has 1 aromatic rings. The van der Waals surface area contributed by atoms with Crippen LogP contribution in [-0.4, -0.2) is 18.0 Å². The molecule has 114 valence electrons. The maximum Gasteiger partial charge on any atom is 0.0627 e. The highest BCUT2D eigenvalue weighted by atomic mass is 15.2. The summed E-state index contributed by atoms with van der Waals surface area (Å²) in [7, 11) is 0. The van der Waals surface area contributed by atoms with Crippen molar-refractivity contribution in [3.05, 3.63) is 35.9 Å². The van der Waals surface area contributed by atoms with E-state index in [2.05, 4.69) is 69.0 Å². The molecule has 0 bridgehead atoms. The van der Waals surface area contributed by atoms with Gasteiger partial charge in [-0.15, -0.1) is 0 Å². The zero-order valence-corrected chi connectivity index (χ0v) is 13.9. The van der Waals surface area contributed by atoms with Crippen LogP contribution in [0.1, 0.15) is 58.6 Å². The molecule has 1 saturated heterocycles. The minimum atomic E-state index is 0.175. The Balaban J connectivity index is 2.07. The zero-order valence-electron chi connectivity index (χ0n) is 13.9. The van der Waals surface area contributed by atoms with E-state index in [1.807, 2.05) is 0 Å². The molecule has 0 amide bonds. The van der Waals surface area contributed by atoms with Crippen LogP contribution < -0.4 is 0 Å². The Morgan fingerprint density at radius 3 is 2.24 bits per heavy atom. The Labute approximate surface area is 129 Å². The molecule has 1 fully saturated rings. The van der Waals surface area contributed by atoms with Crippen LogP contribution in [0, 0.1) is 22.2 Å². The Morgan fingerprint density at radius 2 is 1.76 bits per heavy atom. The van der Waals surface area contributed by atoms with Crippen molar-refractivity contribution in [1.82, 2.24) is 4.90 Å². The maximum atomic E-state index is 9.24. The molecule has 0 saturated carbocycles. The van der Waals surface area contributed by atoms with Crippen LogP contribution in [0.15, 0.2) is 30.3 Å². The lowest BCUT2D eigenvalue weighted by atomic mass is 9.60. The largest absolute Gasteiger partial charge is 0.297 e. The Hall–Kier alpha value is -1.33. The summed E-state index contributed by atoms with van der Waals surface area (Å²) in [5.41, 5.74) is 1.76. The van der Waals surface area contributed by atoms with Gasteiger partial charge in [0.15, 0.2) is 0 Å².